The lowest BCUT2D eigenvalue weighted by atomic mass is 9.85. The van der Waals surface area contributed by atoms with Gasteiger partial charge in [0.1, 0.15) is 11.5 Å². The van der Waals surface area contributed by atoms with Gasteiger partial charge in [-0.3, -0.25) is 19.2 Å². The summed E-state index contributed by atoms with van der Waals surface area (Å²) in [5.41, 5.74) is 2.46. The molecule has 2 aliphatic heterocycles. The van der Waals surface area contributed by atoms with Crippen molar-refractivity contribution in [3.63, 3.8) is 0 Å². The number of rotatable bonds is 5. The number of methoxy groups -OCH3 is 2. The third-order valence-corrected chi connectivity index (χ3v) is 10.1. The maximum Gasteiger partial charge on any atom is 0.238 e. The van der Waals surface area contributed by atoms with Crippen LogP contribution in [0.2, 0.25) is 0 Å². The number of anilines is 2. The Bertz CT molecular complexity index is 1410. The van der Waals surface area contributed by atoms with E-state index in [4.69, 9.17) is 9.47 Å². The second-order valence-electron chi connectivity index (χ2n) is 11.8. The number of nitrogens with zero attached hydrogens (tertiary/aromatic N) is 2. The summed E-state index contributed by atoms with van der Waals surface area (Å²) in [6.07, 6.45) is 10.1. The van der Waals surface area contributed by atoms with Crippen molar-refractivity contribution < 1.29 is 28.7 Å². The minimum absolute atomic E-state index is 0.132. The van der Waals surface area contributed by atoms with Crippen LogP contribution >= 0.6 is 0 Å². The molecule has 0 aromatic heterocycles. The number of amides is 4. The van der Waals surface area contributed by atoms with E-state index < -0.39 is 0 Å². The van der Waals surface area contributed by atoms with Gasteiger partial charge in [0.05, 0.1) is 49.3 Å². The molecule has 40 heavy (non-hydrogen) atoms. The number of benzene rings is 2. The van der Waals surface area contributed by atoms with E-state index in [1.807, 2.05) is 12.1 Å². The highest BCUT2D eigenvalue weighted by molar-refractivity contribution is 6.24. The van der Waals surface area contributed by atoms with Crippen LogP contribution in [-0.2, 0) is 19.2 Å². The molecule has 0 N–H and O–H groups in total. The number of imide groups is 2. The zero-order valence-electron chi connectivity index (χ0n) is 22.2. The molecule has 2 saturated carbocycles. The highest BCUT2D eigenvalue weighted by atomic mass is 16.5. The fourth-order valence-electron chi connectivity index (χ4n) is 8.36. The summed E-state index contributed by atoms with van der Waals surface area (Å²) in [5.74, 6) is -0.399. The van der Waals surface area contributed by atoms with Crippen LogP contribution in [0.25, 0.3) is 11.1 Å². The monoisotopic (exact) mass is 536 g/mol. The minimum Gasteiger partial charge on any atom is -0.495 e. The summed E-state index contributed by atoms with van der Waals surface area (Å²) in [5, 5.41) is 0. The van der Waals surface area contributed by atoms with Gasteiger partial charge in [-0.15, -0.1) is 0 Å². The van der Waals surface area contributed by atoms with Crippen LogP contribution in [-0.4, -0.2) is 37.8 Å². The molecule has 0 spiro atoms. The molecule has 8 heteroatoms. The molecule has 2 heterocycles. The quantitative estimate of drug-likeness (QED) is 0.424. The summed E-state index contributed by atoms with van der Waals surface area (Å²) in [6, 6.07) is 10.8. The first-order chi connectivity index (χ1) is 19.4. The van der Waals surface area contributed by atoms with Crippen molar-refractivity contribution in [1.29, 1.82) is 0 Å². The lowest BCUT2D eigenvalue weighted by Crippen LogP contribution is -2.33. The van der Waals surface area contributed by atoms with E-state index in [1.165, 1.54) is 24.0 Å². The standard InChI is InChI=1S/C32H28N2O6/c1-39-23-13-15(7-9-21(23)33-29(35)25-17-3-4-18(11-17)26(25)30(33)36)16-8-10-22(24(14-16)40-2)34-31(37)27-19-5-6-20(12-19)28(27)32(34)38/h3-10,13-14,17-20,25-28H,11-12H2,1-2H3/t17-,18-,19-,20-,25-,26+,27+,28+/m0/s1. The first-order valence-electron chi connectivity index (χ1n) is 13.9. The van der Waals surface area contributed by atoms with Gasteiger partial charge in [-0.1, -0.05) is 36.4 Å². The van der Waals surface area contributed by atoms with Crippen LogP contribution in [0.15, 0.2) is 60.7 Å². The molecular formula is C32H28N2O6. The molecule has 8 atom stereocenters. The summed E-state index contributed by atoms with van der Waals surface area (Å²) >= 11 is 0. The summed E-state index contributed by atoms with van der Waals surface area (Å²) in [6.45, 7) is 0. The van der Waals surface area contributed by atoms with Crippen LogP contribution in [0.5, 0.6) is 11.5 Å². The number of carbonyl (C=O) groups excluding carboxylic acids is 4. The maximum atomic E-state index is 13.4. The molecule has 0 unspecified atom stereocenters. The zero-order chi connectivity index (χ0) is 27.4. The summed E-state index contributed by atoms with van der Waals surface area (Å²) in [4.78, 5) is 56.1. The molecule has 2 saturated heterocycles. The van der Waals surface area contributed by atoms with Gasteiger partial charge >= 0.3 is 0 Å². The van der Waals surface area contributed by atoms with E-state index in [0.717, 1.165) is 24.0 Å². The number of hydrogen-bond donors (Lipinski definition) is 0. The smallest absolute Gasteiger partial charge is 0.238 e. The highest BCUT2D eigenvalue weighted by Crippen LogP contribution is 2.55. The average Bonchev–Trinajstić information content (AvgIpc) is 3.81. The maximum absolute atomic E-state index is 13.4. The van der Waals surface area contributed by atoms with Gasteiger partial charge in [0, 0.05) is 0 Å². The third kappa shape index (κ3) is 2.91. The fourth-order valence-corrected chi connectivity index (χ4v) is 8.36. The summed E-state index contributed by atoms with van der Waals surface area (Å²) in [7, 11) is 3.04. The van der Waals surface area contributed by atoms with E-state index in [1.54, 1.807) is 24.3 Å². The first-order valence-corrected chi connectivity index (χ1v) is 13.9. The molecule has 0 radical (unpaired) electrons. The number of hydrogen-bond acceptors (Lipinski definition) is 6. The van der Waals surface area contributed by atoms with Crippen molar-refractivity contribution in [1.82, 2.24) is 0 Å². The fraction of sp³-hybridized carbons (Fsp3) is 0.375. The van der Waals surface area contributed by atoms with Gasteiger partial charge < -0.3 is 9.47 Å². The molecule has 4 fully saturated rings. The van der Waals surface area contributed by atoms with Gasteiger partial charge in [-0.2, -0.15) is 0 Å². The molecule has 4 bridgehead atoms. The minimum atomic E-state index is -0.287. The normalized spacial score (nSPS) is 34.5. The number of ether oxygens (including phenoxy) is 2. The van der Waals surface area contributed by atoms with E-state index in [2.05, 4.69) is 24.3 Å². The zero-order valence-corrected chi connectivity index (χ0v) is 22.2. The first kappa shape index (κ1) is 23.7. The average molecular weight is 537 g/mol. The van der Waals surface area contributed by atoms with Crippen molar-refractivity contribution >= 4 is 35.0 Å². The molecule has 202 valence electrons. The van der Waals surface area contributed by atoms with E-state index in [0.29, 0.717) is 22.9 Å². The molecule has 8 rings (SSSR count). The van der Waals surface area contributed by atoms with E-state index in [-0.39, 0.29) is 71.0 Å². The van der Waals surface area contributed by atoms with Gasteiger partial charge in [0.2, 0.25) is 23.6 Å². The summed E-state index contributed by atoms with van der Waals surface area (Å²) < 4.78 is 11.3. The SMILES string of the molecule is COc1cc(-c2ccc(N3C(=O)[C@H]4[C@H](C3=O)[C@H]3C=C[C@H]4C3)c(OC)c2)ccc1N1C(=O)[C@@H]2[C@H](C1=O)[C@H]1C=C[C@H]2C1. The Kier molecular flexibility index (Phi) is 4.83. The van der Waals surface area contributed by atoms with Crippen molar-refractivity contribution in [3.05, 3.63) is 60.7 Å². The molecule has 4 aliphatic carbocycles. The van der Waals surface area contributed by atoms with Gasteiger partial charge in [-0.05, 0) is 71.9 Å². The van der Waals surface area contributed by atoms with Crippen molar-refractivity contribution in [3.8, 4) is 22.6 Å². The molecular weight excluding hydrogens is 508 g/mol. The van der Waals surface area contributed by atoms with Crippen molar-refractivity contribution in [2.24, 2.45) is 47.3 Å². The van der Waals surface area contributed by atoms with E-state index >= 15 is 0 Å². The molecule has 2 aromatic carbocycles. The lowest BCUT2D eigenvalue weighted by Gasteiger charge is -2.22. The van der Waals surface area contributed by atoms with Crippen LogP contribution in [0.3, 0.4) is 0 Å². The Morgan fingerprint density at radius 2 is 0.875 bits per heavy atom. The predicted octanol–water partition coefficient (Wildman–Crippen LogP) is 3.99. The van der Waals surface area contributed by atoms with Gasteiger partial charge in [0.25, 0.3) is 0 Å². The Labute approximate surface area is 231 Å². The van der Waals surface area contributed by atoms with Gasteiger partial charge in [0.15, 0.2) is 0 Å². The largest absolute Gasteiger partial charge is 0.495 e. The molecule has 2 aromatic rings. The van der Waals surface area contributed by atoms with Crippen LogP contribution < -0.4 is 19.3 Å². The molecule has 6 aliphatic rings. The van der Waals surface area contributed by atoms with Crippen LogP contribution in [0, 0.1) is 47.3 Å². The Balaban J connectivity index is 1.11. The number of allylic oxidation sites excluding steroid dienone is 4. The Morgan fingerprint density at radius 3 is 1.18 bits per heavy atom. The van der Waals surface area contributed by atoms with Gasteiger partial charge in [-0.25, -0.2) is 9.80 Å². The van der Waals surface area contributed by atoms with Crippen LogP contribution in [0.1, 0.15) is 12.8 Å². The second-order valence-corrected chi connectivity index (χ2v) is 11.8. The lowest BCUT2D eigenvalue weighted by molar-refractivity contribution is -0.124. The topological polar surface area (TPSA) is 93.2 Å². The highest BCUT2D eigenvalue weighted by Gasteiger charge is 2.61. The van der Waals surface area contributed by atoms with E-state index in [9.17, 15) is 19.2 Å². The van der Waals surface area contributed by atoms with Crippen molar-refractivity contribution in [2.75, 3.05) is 24.0 Å². The third-order valence-electron chi connectivity index (χ3n) is 10.1. The number of fused-ring (bicyclic) bond motifs is 10. The Morgan fingerprint density at radius 1 is 0.550 bits per heavy atom. The van der Waals surface area contributed by atoms with Crippen LogP contribution in [0.4, 0.5) is 11.4 Å². The molecule has 8 nitrogen and oxygen atoms in total. The molecule has 4 amide bonds. The predicted molar refractivity (Wildman–Crippen MR) is 145 cm³/mol. The Hall–Kier alpha value is -4.20. The second kappa shape index (κ2) is 8.16. The van der Waals surface area contributed by atoms with Crippen molar-refractivity contribution in [2.45, 2.75) is 12.8 Å². The number of carbonyl (C=O) groups is 4.